The van der Waals surface area contributed by atoms with Gasteiger partial charge in [-0.2, -0.15) is 0 Å². The summed E-state index contributed by atoms with van der Waals surface area (Å²) in [5.74, 6) is -0.319. The molecule has 0 unspecified atom stereocenters. The maximum Gasteiger partial charge on any atom is 0.246 e. The van der Waals surface area contributed by atoms with Crippen LogP contribution in [-0.2, 0) is 28.6 Å². The number of nitrogens with one attached hydrogen (secondary N) is 2. The largest absolute Gasteiger partial charge is 0.379 e. The van der Waals surface area contributed by atoms with Crippen LogP contribution < -0.4 is 10.6 Å². The number of rotatable bonds is 14. The van der Waals surface area contributed by atoms with Gasteiger partial charge in [0.2, 0.25) is 11.8 Å². The lowest BCUT2D eigenvalue weighted by Gasteiger charge is -2.07. The quantitative estimate of drug-likeness (QED) is 0.409. The molecule has 0 saturated carbocycles. The number of Topliss-reactive ketones (excluding diaryl/α,β-unsaturated/α-hetero) is 1. The van der Waals surface area contributed by atoms with Crippen LogP contribution in [0.4, 0.5) is 0 Å². The molecule has 2 amide bonds. The van der Waals surface area contributed by atoms with E-state index >= 15 is 0 Å². The van der Waals surface area contributed by atoms with Gasteiger partial charge in [0.05, 0.1) is 19.8 Å². The van der Waals surface area contributed by atoms with Crippen LogP contribution in [0.3, 0.4) is 0 Å². The van der Waals surface area contributed by atoms with Crippen LogP contribution in [0.1, 0.15) is 19.8 Å². The van der Waals surface area contributed by atoms with Gasteiger partial charge in [-0.1, -0.05) is 6.92 Å². The summed E-state index contributed by atoms with van der Waals surface area (Å²) in [5.41, 5.74) is 0. The zero-order valence-electron chi connectivity index (χ0n) is 13.3. The summed E-state index contributed by atoms with van der Waals surface area (Å²) in [6.45, 7) is 3.41. The van der Waals surface area contributed by atoms with Crippen molar-refractivity contribution in [3.63, 3.8) is 0 Å². The molecule has 0 aliphatic carbocycles. The molecule has 0 aromatic heterocycles. The van der Waals surface area contributed by atoms with Crippen molar-refractivity contribution in [2.75, 3.05) is 53.2 Å². The third-order valence-electron chi connectivity index (χ3n) is 2.57. The Morgan fingerprint density at radius 3 is 2.05 bits per heavy atom. The number of hydrogen-bond donors (Lipinski definition) is 2. The number of carbonyl (C=O) groups excluding carboxylic acids is 3. The molecular weight excluding hydrogens is 292 g/mol. The lowest BCUT2D eigenvalue weighted by molar-refractivity contribution is -0.126. The first-order valence-corrected chi connectivity index (χ1v) is 7.29. The van der Waals surface area contributed by atoms with E-state index in [1.165, 1.54) is 7.11 Å². The van der Waals surface area contributed by atoms with Gasteiger partial charge in [-0.3, -0.25) is 14.4 Å². The van der Waals surface area contributed by atoms with Gasteiger partial charge in [-0.05, 0) is 0 Å². The third-order valence-corrected chi connectivity index (χ3v) is 2.57. The van der Waals surface area contributed by atoms with E-state index < -0.39 is 0 Å². The number of ketones is 1. The van der Waals surface area contributed by atoms with Crippen molar-refractivity contribution in [3.8, 4) is 0 Å². The molecule has 8 heteroatoms. The molecule has 0 bridgehead atoms. The van der Waals surface area contributed by atoms with Crippen LogP contribution in [0.15, 0.2) is 0 Å². The monoisotopic (exact) mass is 318 g/mol. The van der Waals surface area contributed by atoms with Crippen molar-refractivity contribution in [2.24, 2.45) is 0 Å². The van der Waals surface area contributed by atoms with Gasteiger partial charge >= 0.3 is 0 Å². The molecule has 0 saturated heterocycles. The van der Waals surface area contributed by atoms with Crippen LogP contribution in [0, 0.1) is 0 Å². The molecule has 0 spiro atoms. The molecule has 2 N–H and O–H groups in total. The average molecular weight is 318 g/mol. The third kappa shape index (κ3) is 13.5. The average Bonchev–Trinajstić information content (AvgIpc) is 2.50. The van der Waals surface area contributed by atoms with E-state index in [1.807, 2.05) is 6.92 Å². The summed E-state index contributed by atoms with van der Waals surface area (Å²) < 4.78 is 15.0. The van der Waals surface area contributed by atoms with Crippen LogP contribution >= 0.6 is 0 Å². The normalized spacial score (nSPS) is 10.3. The van der Waals surface area contributed by atoms with Gasteiger partial charge in [0.25, 0.3) is 0 Å². The second-order valence-electron chi connectivity index (χ2n) is 4.44. The van der Waals surface area contributed by atoms with E-state index in [0.717, 1.165) is 0 Å². The van der Waals surface area contributed by atoms with Gasteiger partial charge in [-0.15, -0.1) is 0 Å². The molecule has 0 rings (SSSR count). The topological polar surface area (TPSA) is 103 Å². The Labute approximate surface area is 130 Å². The fourth-order valence-corrected chi connectivity index (χ4v) is 1.39. The Morgan fingerprint density at radius 1 is 0.864 bits per heavy atom. The fraction of sp³-hybridized carbons (Fsp3) is 0.786. The second kappa shape index (κ2) is 14.4. The Morgan fingerprint density at radius 2 is 1.45 bits per heavy atom. The zero-order valence-corrected chi connectivity index (χ0v) is 13.3. The van der Waals surface area contributed by atoms with E-state index in [2.05, 4.69) is 15.4 Å². The second-order valence-corrected chi connectivity index (χ2v) is 4.44. The summed E-state index contributed by atoms with van der Waals surface area (Å²) in [5, 5.41) is 5.19. The van der Waals surface area contributed by atoms with Gasteiger partial charge in [0.15, 0.2) is 0 Å². The molecule has 0 radical (unpaired) electrons. The highest BCUT2D eigenvalue weighted by Gasteiger charge is 2.02. The summed E-state index contributed by atoms with van der Waals surface area (Å²) >= 11 is 0. The summed E-state index contributed by atoms with van der Waals surface area (Å²) in [4.78, 5) is 33.4. The van der Waals surface area contributed by atoms with E-state index in [-0.39, 0.29) is 37.4 Å². The molecule has 0 aromatic carbocycles. The van der Waals surface area contributed by atoms with Crippen LogP contribution in [0.25, 0.3) is 0 Å². The van der Waals surface area contributed by atoms with Crippen molar-refractivity contribution < 1.29 is 28.6 Å². The summed E-state index contributed by atoms with van der Waals surface area (Å²) in [6, 6.07) is 0. The maximum absolute atomic E-state index is 11.4. The first-order valence-electron chi connectivity index (χ1n) is 7.29. The van der Waals surface area contributed by atoms with Crippen molar-refractivity contribution in [1.29, 1.82) is 0 Å². The van der Waals surface area contributed by atoms with Crippen LogP contribution in [0.5, 0.6) is 0 Å². The van der Waals surface area contributed by atoms with Crippen molar-refractivity contribution in [1.82, 2.24) is 10.6 Å². The molecule has 0 aliphatic heterocycles. The predicted molar refractivity (Wildman–Crippen MR) is 79.4 cm³/mol. The molecule has 0 atom stereocenters. The van der Waals surface area contributed by atoms with E-state index in [9.17, 15) is 14.4 Å². The first kappa shape index (κ1) is 20.5. The molecule has 0 aliphatic rings. The minimum Gasteiger partial charge on any atom is -0.379 e. The molecule has 128 valence electrons. The highest BCUT2D eigenvalue weighted by Crippen LogP contribution is 1.89. The summed E-state index contributed by atoms with van der Waals surface area (Å²) in [6.07, 6.45) is 0.922. The molecule has 22 heavy (non-hydrogen) atoms. The smallest absolute Gasteiger partial charge is 0.246 e. The first-order chi connectivity index (χ1) is 10.6. The van der Waals surface area contributed by atoms with Crippen LogP contribution in [0.2, 0.25) is 0 Å². The number of amides is 2. The molecule has 0 aromatic rings. The van der Waals surface area contributed by atoms with E-state index in [0.29, 0.717) is 39.1 Å². The fourth-order valence-electron chi connectivity index (χ4n) is 1.39. The number of methoxy groups -OCH3 is 1. The molecular formula is C14H26N2O6. The number of ether oxygens (including phenoxy) is 3. The summed E-state index contributed by atoms with van der Waals surface area (Å²) in [7, 11) is 1.44. The highest BCUT2D eigenvalue weighted by molar-refractivity contribution is 5.78. The lowest BCUT2D eigenvalue weighted by atomic mass is 10.2. The maximum atomic E-state index is 11.4. The van der Waals surface area contributed by atoms with Crippen molar-refractivity contribution in [2.45, 2.75) is 19.8 Å². The van der Waals surface area contributed by atoms with Crippen molar-refractivity contribution in [3.05, 3.63) is 0 Å². The highest BCUT2D eigenvalue weighted by atomic mass is 16.5. The Balaban J connectivity index is 3.33. The number of hydrogen-bond acceptors (Lipinski definition) is 6. The van der Waals surface area contributed by atoms with E-state index in [4.69, 9.17) is 9.47 Å². The molecule has 0 heterocycles. The molecule has 0 fully saturated rings. The van der Waals surface area contributed by atoms with Crippen LogP contribution in [-0.4, -0.2) is 70.8 Å². The van der Waals surface area contributed by atoms with Crippen molar-refractivity contribution >= 4 is 17.6 Å². The minimum atomic E-state index is -0.253. The Hall–Kier alpha value is -1.51. The van der Waals surface area contributed by atoms with E-state index in [1.54, 1.807) is 0 Å². The van der Waals surface area contributed by atoms with Gasteiger partial charge in [0, 0.05) is 33.0 Å². The minimum absolute atomic E-state index is 0.00430. The van der Waals surface area contributed by atoms with Gasteiger partial charge in [0.1, 0.15) is 19.0 Å². The molecule has 8 nitrogen and oxygen atoms in total. The van der Waals surface area contributed by atoms with Gasteiger partial charge in [-0.25, -0.2) is 0 Å². The standard InChI is InChI=1S/C14H26N2O6/c1-3-12(17)4-7-21-8-5-16-14(19)11-22-9-6-15-13(18)10-20-2/h3-11H2,1-2H3,(H,15,18)(H,16,19). The zero-order chi connectivity index (χ0) is 16.6. The number of carbonyl (C=O) groups is 3. The predicted octanol–water partition coefficient (Wildman–Crippen LogP) is -0.732. The SMILES string of the molecule is CCC(=O)CCOCCNC(=O)COCCNC(=O)COC. The van der Waals surface area contributed by atoms with Gasteiger partial charge < -0.3 is 24.8 Å². The lowest BCUT2D eigenvalue weighted by Crippen LogP contribution is -2.33. The Bertz CT molecular complexity index is 335. The Kier molecular flexibility index (Phi) is 13.4.